The van der Waals surface area contributed by atoms with Gasteiger partial charge in [0.15, 0.2) is 11.6 Å². The molecule has 4 nitrogen and oxygen atoms in total. The summed E-state index contributed by atoms with van der Waals surface area (Å²) in [7, 11) is 0. The zero-order valence-corrected chi connectivity index (χ0v) is 10.7. The summed E-state index contributed by atoms with van der Waals surface area (Å²) < 4.78 is 13.3. The van der Waals surface area contributed by atoms with E-state index in [-0.39, 0.29) is 18.2 Å². The Kier molecular flexibility index (Phi) is 4.37. The standard InChI is InChI=1S/C14H18FNO3/c15-12-7-10(4-5-13(12)17)9-16-6-2-1-3-11(16)8-14(18)19/h4-5,7,11,17H,1-3,6,8-9H2,(H,18,19). The van der Waals surface area contributed by atoms with E-state index in [9.17, 15) is 9.18 Å². The second kappa shape index (κ2) is 6.02. The van der Waals surface area contributed by atoms with Crippen molar-refractivity contribution in [2.45, 2.75) is 38.3 Å². The second-order valence-corrected chi connectivity index (χ2v) is 5.00. The molecule has 1 unspecified atom stereocenters. The van der Waals surface area contributed by atoms with Crippen LogP contribution in [0, 0.1) is 5.82 Å². The SMILES string of the molecule is O=C(O)CC1CCCCN1Cc1ccc(O)c(F)c1. The number of halogens is 1. The van der Waals surface area contributed by atoms with Gasteiger partial charge in [-0.25, -0.2) is 4.39 Å². The van der Waals surface area contributed by atoms with Crippen LogP contribution in [0.3, 0.4) is 0 Å². The highest BCUT2D eigenvalue weighted by atomic mass is 19.1. The Balaban J connectivity index is 2.06. The molecular formula is C14H18FNO3. The molecule has 2 rings (SSSR count). The number of benzene rings is 1. The average Bonchev–Trinajstić information content (AvgIpc) is 2.36. The van der Waals surface area contributed by atoms with Gasteiger partial charge in [0, 0.05) is 12.6 Å². The fourth-order valence-electron chi connectivity index (χ4n) is 2.58. The molecule has 0 radical (unpaired) electrons. The minimum atomic E-state index is -0.797. The van der Waals surface area contributed by atoms with Crippen molar-refractivity contribution in [2.24, 2.45) is 0 Å². The van der Waals surface area contributed by atoms with E-state index >= 15 is 0 Å². The third kappa shape index (κ3) is 3.67. The minimum Gasteiger partial charge on any atom is -0.505 e. The fraction of sp³-hybridized carbons (Fsp3) is 0.500. The predicted molar refractivity (Wildman–Crippen MR) is 68.4 cm³/mol. The smallest absolute Gasteiger partial charge is 0.304 e. The summed E-state index contributed by atoms with van der Waals surface area (Å²) >= 11 is 0. The fourth-order valence-corrected chi connectivity index (χ4v) is 2.58. The molecule has 0 saturated carbocycles. The first kappa shape index (κ1) is 13.8. The number of carbonyl (C=O) groups is 1. The van der Waals surface area contributed by atoms with Gasteiger partial charge in [-0.15, -0.1) is 0 Å². The summed E-state index contributed by atoms with van der Waals surface area (Å²) in [6.45, 7) is 1.36. The van der Waals surface area contributed by atoms with E-state index in [0.29, 0.717) is 6.54 Å². The van der Waals surface area contributed by atoms with E-state index in [1.165, 1.54) is 12.1 Å². The van der Waals surface area contributed by atoms with Gasteiger partial charge in [0.2, 0.25) is 0 Å². The maximum absolute atomic E-state index is 13.3. The van der Waals surface area contributed by atoms with Gasteiger partial charge < -0.3 is 10.2 Å². The quantitative estimate of drug-likeness (QED) is 0.879. The summed E-state index contributed by atoms with van der Waals surface area (Å²) in [6.07, 6.45) is 3.07. The van der Waals surface area contributed by atoms with Gasteiger partial charge in [0.25, 0.3) is 0 Å². The van der Waals surface area contributed by atoms with E-state index in [1.54, 1.807) is 6.07 Å². The van der Waals surface area contributed by atoms with Crippen LogP contribution >= 0.6 is 0 Å². The van der Waals surface area contributed by atoms with E-state index < -0.39 is 11.8 Å². The second-order valence-electron chi connectivity index (χ2n) is 5.00. The molecule has 1 aliphatic heterocycles. The van der Waals surface area contributed by atoms with Crippen LogP contribution in [0.5, 0.6) is 5.75 Å². The molecule has 104 valence electrons. The molecular weight excluding hydrogens is 249 g/mol. The number of rotatable bonds is 4. The Bertz CT molecular complexity index is 464. The number of carboxylic acid groups (broad SMARTS) is 1. The molecule has 0 aliphatic carbocycles. The minimum absolute atomic E-state index is 0.0168. The zero-order valence-electron chi connectivity index (χ0n) is 10.7. The van der Waals surface area contributed by atoms with Crippen molar-refractivity contribution < 1.29 is 19.4 Å². The van der Waals surface area contributed by atoms with Gasteiger partial charge in [0.1, 0.15) is 0 Å². The van der Waals surface area contributed by atoms with Gasteiger partial charge in [-0.05, 0) is 37.1 Å². The molecule has 0 bridgehead atoms. The van der Waals surface area contributed by atoms with Crippen LogP contribution in [0.4, 0.5) is 4.39 Å². The Morgan fingerprint density at radius 3 is 2.89 bits per heavy atom. The van der Waals surface area contributed by atoms with Crippen LogP contribution in [-0.2, 0) is 11.3 Å². The number of aliphatic carboxylic acids is 1. The van der Waals surface area contributed by atoms with Crippen molar-refractivity contribution in [3.8, 4) is 5.75 Å². The number of phenols is 1. The molecule has 1 aliphatic rings. The van der Waals surface area contributed by atoms with Crippen molar-refractivity contribution in [3.63, 3.8) is 0 Å². The van der Waals surface area contributed by atoms with Gasteiger partial charge in [-0.3, -0.25) is 9.69 Å². The lowest BCUT2D eigenvalue weighted by atomic mass is 9.98. The van der Waals surface area contributed by atoms with Crippen LogP contribution in [0.25, 0.3) is 0 Å². The number of hydrogen-bond acceptors (Lipinski definition) is 3. The van der Waals surface area contributed by atoms with Gasteiger partial charge in [0.05, 0.1) is 6.42 Å². The van der Waals surface area contributed by atoms with Crippen LogP contribution < -0.4 is 0 Å². The van der Waals surface area contributed by atoms with E-state index in [2.05, 4.69) is 4.90 Å². The largest absolute Gasteiger partial charge is 0.505 e. The van der Waals surface area contributed by atoms with Gasteiger partial charge >= 0.3 is 5.97 Å². The molecule has 0 aromatic heterocycles. The highest BCUT2D eigenvalue weighted by Gasteiger charge is 2.24. The molecule has 5 heteroatoms. The molecule has 1 aromatic rings. The van der Waals surface area contributed by atoms with Crippen molar-refractivity contribution in [1.82, 2.24) is 4.90 Å². The molecule has 19 heavy (non-hydrogen) atoms. The average molecular weight is 267 g/mol. The van der Waals surface area contributed by atoms with Crippen molar-refractivity contribution in [2.75, 3.05) is 6.54 Å². The lowest BCUT2D eigenvalue weighted by Gasteiger charge is -2.34. The normalized spacial score (nSPS) is 20.4. The number of phenolic OH excluding ortho intramolecular Hbond substituents is 1. The van der Waals surface area contributed by atoms with Gasteiger partial charge in [-0.1, -0.05) is 12.5 Å². The lowest BCUT2D eigenvalue weighted by Crippen LogP contribution is -2.40. The van der Waals surface area contributed by atoms with Crippen molar-refractivity contribution >= 4 is 5.97 Å². The predicted octanol–water partition coefficient (Wildman–Crippen LogP) is 2.36. The highest BCUT2D eigenvalue weighted by molar-refractivity contribution is 5.67. The highest BCUT2D eigenvalue weighted by Crippen LogP contribution is 2.23. The number of piperidine rings is 1. The maximum Gasteiger partial charge on any atom is 0.304 e. The third-order valence-corrected chi connectivity index (χ3v) is 3.56. The molecule has 1 saturated heterocycles. The molecule has 1 atom stereocenters. The number of aromatic hydroxyl groups is 1. The summed E-state index contributed by atoms with van der Waals surface area (Å²) in [5, 5.41) is 18.1. The molecule has 1 fully saturated rings. The zero-order chi connectivity index (χ0) is 13.8. The number of hydrogen-bond donors (Lipinski definition) is 2. The topological polar surface area (TPSA) is 60.8 Å². The van der Waals surface area contributed by atoms with Crippen LogP contribution in [0.15, 0.2) is 18.2 Å². The van der Waals surface area contributed by atoms with Crippen LogP contribution in [0.2, 0.25) is 0 Å². The van der Waals surface area contributed by atoms with E-state index in [4.69, 9.17) is 10.2 Å². The first-order valence-corrected chi connectivity index (χ1v) is 6.49. The summed E-state index contributed by atoms with van der Waals surface area (Å²) in [6, 6.07) is 4.33. The third-order valence-electron chi connectivity index (χ3n) is 3.56. The maximum atomic E-state index is 13.3. The Morgan fingerprint density at radius 1 is 1.42 bits per heavy atom. The Morgan fingerprint density at radius 2 is 2.21 bits per heavy atom. The molecule has 2 N–H and O–H groups in total. The van der Waals surface area contributed by atoms with Crippen LogP contribution in [-0.4, -0.2) is 33.7 Å². The Hall–Kier alpha value is -1.62. The van der Waals surface area contributed by atoms with Crippen molar-refractivity contribution in [3.05, 3.63) is 29.6 Å². The molecule has 0 spiro atoms. The lowest BCUT2D eigenvalue weighted by molar-refractivity contribution is -0.138. The summed E-state index contributed by atoms with van der Waals surface area (Å²) in [4.78, 5) is 12.9. The summed E-state index contributed by atoms with van der Waals surface area (Å²) in [5.74, 6) is -1.79. The number of likely N-dealkylation sites (tertiary alicyclic amines) is 1. The first-order valence-electron chi connectivity index (χ1n) is 6.49. The molecule has 1 aromatic carbocycles. The molecule has 0 amide bonds. The molecule has 1 heterocycles. The summed E-state index contributed by atoms with van der Waals surface area (Å²) in [5.41, 5.74) is 0.757. The van der Waals surface area contributed by atoms with Crippen LogP contribution in [0.1, 0.15) is 31.2 Å². The van der Waals surface area contributed by atoms with Gasteiger partial charge in [-0.2, -0.15) is 0 Å². The van der Waals surface area contributed by atoms with E-state index in [0.717, 1.165) is 31.4 Å². The first-order chi connectivity index (χ1) is 9.06. The Labute approximate surface area is 111 Å². The van der Waals surface area contributed by atoms with E-state index in [1.807, 2.05) is 0 Å². The monoisotopic (exact) mass is 267 g/mol. The van der Waals surface area contributed by atoms with Crippen molar-refractivity contribution in [1.29, 1.82) is 0 Å². The number of carboxylic acids is 1. The number of nitrogens with zero attached hydrogens (tertiary/aromatic N) is 1.